The predicted molar refractivity (Wildman–Crippen MR) is 48.0 cm³/mol. The second-order valence-corrected chi connectivity index (χ2v) is 2.99. The largest absolute Gasteiger partial charge is 0.284 e. The highest BCUT2D eigenvalue weighted by Crippen LogP contribution is 2.23. The lowest BCUT2D eigenvalue weighted by molar-refractivity contribution is -0.385. The van der Waals surface area contributed by atoms with E-state index in [1.165, 1.54) is 6.92 Å². The molecule has 0 radical (unpaired) electrons. The number of rotatable bonds is 2. The normalized spacial score (nSPS) is 9.93. The Morgan fingerprint density at radius 2 is 2.14 bits per heavy atom. The SMILES string of the molecule is Cc1cc(C(=O)Cl)c([N+](=O)[O-])cc1F. The second kappa shape index (κ2) is 3.71. The molecule has 4 nitrogen and oxygen atoms in total. The molecule has 0 saturated carbocycles. The fourth-order valence-electron chi connectivity index (χ4n) is 0.979. The van der Waals surface area contributed by atoms with E-state index in [-0.39, 0.29) is 11.1 Å². The van der Waals surface area contributed by atoms with Crippen molar-refractivity contribution in [3.8, 4) is 0 Å². The van der Waals surface area contributed by atoms with Gasteiger partial charge in [-0.25, -0.2) is 4.39 Å². The average molecular weight is 218 g/mol. The zero-order valence-electron chi connectivity index (χ0n) is 7.08. The van der Waals surface area contributed by atoms with Crippen LogP contribution in [0.15, 0.2) is 12.1 Å². The first-order valence-electron chi connectivity index (χ1n) is 3.58. The molecule has 0 fully saturated rings. The van der Waals surface area contributed by atoms with Crippen molar-refractivity contribution in [2.45, 2.75) is 6.92 Å². The summed E-state index contributed by atoms with van der Waals surface area (Å²) in [6.45, 7) is 1.39. The van der Waals surface area contributed by atoms with Crippen LogP contribution in [-0.2, 0) is 0 Å². The fourth-order valence-corrected chi connectivity index (χ4v) is 1.13. The van der Waals surface area contributed by atoms with Crippen molar-refractivity contribution in [2.75, 3.05) is 0 Å². The molecule has 0 unspecified atom stereocenters. The Labute approximate surface area is 83.4 Å². The third-order valence-corrected chi connectivity index (χ3v) is 1.89. The van der Waals surface area contributed by atoms with Crippen LogP contribution >= 0.6 is 11.6 Å². The predicted octanol–water partition coefficient (Wildman–Crippen LogP) is 2.42. The van der Waals surface area contributed by atoms with Crippen molar-refractivity contribution in [3.05, 3.63) is 39.2 Å². The molecule has 0 aliphatic rings. The van der Waals surface area contributed by atoms with Gasteiger partial charge in [-0.3, -0.25) is 14.9 Å². The lowest BCUT2D eigenvalue weighted by Gasteiger charge is -2.00. The third kappa shape index (κ3) is 1.88. The van der Waals surface area contributed by atoms with E-state index in [0.29, 0.717) is 6.07 Å². The maximum atomic E-state index is 12.9. The summed E-state index contributed by atoms with van der Waals surface area (Å²) in [5, 5.41) is 9.45. The summed E-state index contributed by atoms with van der Waals surface area (Å²) in [7, 11) is 0. The number of aryl methyl sites for hydroxylation is 1. The summed E-state index contributed by atoms with van der Waals surface area (Å²) < 4.78 is 12.9. The van der Waals surface area contributed by atoms with Gasteiger partial charge in [0.15, 0.2) is 0 Å². The molecule has 0 heterocycles. The molecule has 14 heavy (non-hydrogen) atoms. The molecule has 0 aromatic heterocycles. The molecule has 0 aliphatic heterocycles. The van der Waals surface area contributed by atoms with E-state index in [1.54, 1.807) is 0 Å². The minimum atomic E-state index is -0.972. The molecule has 1 aromatic carbocycles. The Morgan fingerprint density at radius 1 is 1.57 bits per heavy atom. The summed E-state index contributed by atoms with van der Waals surface area (Å²) in [6.07, 6.45) is 0. The van der Waals surface area contributed by atoms with E-state index < -0.39 is 21.7 Å². The maximum Gasteiger partial charge on any atom is 0.284 e. The molecule has 0 saturated heterocycles. The number of carbonyl (C=O) groups is 1. The van der Waals surface area contributed by atoms with Gasteiger partial charge < -0.3 is 0 Å². The van der Waals surface area contributed by atoms with Crippen molar-refractivity contribution in [2.24, 2.45) is 0 Å². The Morgan fingerprint density at radius 3 is 2.57 bits per heavy atom. The molecule has 0 amide bonds. The van der Waals surface area contributed by atoms with Gasteiger partial charge in [-0.2, -0.15) is 0 Å². The molecule has 0 atom stereocenters. The van der Waals surface area contributed by atoms with Gasteiger partial charge in [0.2, 0.25) is 0 Å². The van der Waals surface area contributed by atoms with Crippen molar-refractivity contribution in [1.29, 1.82) is 0 Å². The Bertz CT molecular complexity index is 380. The van der Waals surface area contributed by atoms with Gasteiger partial charge in [0, 0.05) is 0 Å². The molecular weight excluding hydrogens is 213 g/mol. The molecule has 1 aromatic rings. The van der Waals surface area contributed by atoms with Gasteiger partial charge in [0.1, 0.15) is 11.4 Å². The van der Waals surface area contributed by atoms with E-state index >= 15 is 0 Å². The zero-order chi connectivity index (χ0) is 10.9. The smallest absolute Gasteiger partial charge is 0.275 e. The van der Waals surface area contributed by atoms with Gasteiger partial charge in [0.05, 0.1) is 11.0 Å². The third-order valence-electron chi connectivity index (χ3n) is 1.69. The van der Waals surface area contributed by atoms with E-state index in [9.17, 15) is 19.3 Å². The highest BCUT2D eigenvalue weighted by molar-refractivity contribution is 6.68. The van der Waals surface area contributed by atoms with Crippen LogP contribution in [0, 0.1) is 22.9 Å². The summed E-state index contributed by atoms with van der Waals surface area (Å²) in [5.74, 6) is -0.738. The Kier molecular flexibility index (Phi) is 2.81. The molecule has 1 rings (SSSR count). The van der Waals surface area contributed by atoms with Gasteiger partial charge in [-0.15, -0.1) is 0 Å². The van der Waals surface area contributed by atoms with Gasteiger partial charge in [-0.1, -0.05) is 0 Å². The summed E-state index contributed by atoms with van der Waals surface area (Å²) >= 11 is 5.11. The standard InChI is InChI=1S/C8H5ClFNO3/c1-4-2-5(8(9)12)7(11(13)14)3-6(4)10/h2-3H,1H3. The molecule has 0 N–H and O–H groups in total. The number of hydrogen-bond acceptors (Lipinski definition) is 3. The minimum absolute atomic E-state index is 0.139. The number of nitro benzene ring substituents is 1. The average Bonchev–Trinajstić information content (AvgIpc) is 2.08. The summed E-state index contributed by atoms with van der Waals surface area (Å²) in [6, 6.07) is 1.74. The van der Waals surface area contributed by atoms with E-state index in [1.807, 2.05) is 0 Å². The highest BCUT2D eigenvalue weighted by atomic mass is 35.5. The van der Waals surface area contributed by atoms with Crippen molar-refractivity contribution in [3.63, 3.8) is 0 Å². The van der Waals surface area contributed by atoms with Crippen molar-refractivity contribution < 1.29 is 14.1 Å². The minimum Gasteiger partial charge on any atom is -0.275 e. The van der Waals surface area contributed by atoms with Crippen LogP contribution in [0.4, 0.5) is 10.1 Å². The van der Waals surface area contributed by atoms with Crippen LogP contribution in [0.3, 0.4) is 0 Å². The quantitative estimate of drug-likeness (QED) is 0.434. The second-order valence-electron chi connectivity index (χ2n) is 2.65. The van der Waals surface area contributed by atoms with Crippen LogP contribution in [0.5, 0.6) is 0 Å². The Hall–Kier alpha value is -1.49. The van der Waals surface area contributed by atoms with Crippen LogP contribution in [0.1, 0.15) is 15.9 Å². The Balaban J connectivity index is 3.46. The number of halogens is 2. The molecule has 0 aliphatic carbocycles. The molecule has 0 spiro atoms. The van der Waals surface area contributed by atoms with Crippen molar-refractivity contribution in [1.82, 2.24) is 0 Å². The van der Waals surface area contributed by atoms with E-state index in [2.05, 4.69) is 0 Å². The number of nitrogens with zero attached hydrogens (tertiary/aromatic N) is 1. The highest BCUT2D eigenvalue weighted by Gasteiger charge is 2.20. The molecule has 0 bridgehead atoms. The number of benzene rings is 1. The van der Waals surface area contributed by atoms with Crippen LogP contribution in [0.25, 0.3) is 0 Å². The first-order valence-corrected chi connectivity index (χ1v) is 3.95. The number of nitro groups is 1. The van der Waals surface area contributed by atoms with Crippen molar-refractivity contribution >= 4 is 22.5 Å². The van der Waals surface area contributed by atoms with Crippen LogP contribution in [-0.4, -0.2) is 10.2 Å². The van der Waals surface area contributed by atoms with Gasteiger partial charge in [0.25, 0.3) is 10.9 Å². The summed E-state index contributed by atoms with van der Waals surface area (Å²) in [4.78, 5) is 20.3. The monoisotopic (exact) mass is 217 g/mol. The first-order chi connectivity index (χ1) is 6.43. The fraction of sp³-hybridized carbons (Fsp3) is 0.125. The van der Waals surface area contributed by atoms with E-state index in [4.69, 9.17) is 11.6 Å². The summed E-state index contributed by atoms with van der Waals surface area (Å²) in [5.41, 5.74) is -0.775. The number of hydrogen-bond donors (Lipinski definition) is 0. The zero-order valence-corrected chi connectivity index (χ0v) is 7.84. The first kappa shape index (κ1) is 10.6. The molecular formula is C8H5ClFNO3. The number of carbonyl (C=O) groups excluding carboxylic acids is 1. The topological polar surface area (TPSA) is 60.2 Å². The maximum absolute atomic E-state index is 12.9. The molecule has 74 valence electrons. The lowest BCUT2D eigenvalue weighted by atomic mass is 10.1. The van der Waals surface area contributed by atoms with E-state index in [0.717, 1.165) is 6.07 Å². The van der Waals surface area contributed by atoms with Gasteiger partial charge in [-0.05, 0) is 30.2 Å². The lowest BCUT2D eigenvalue weighted by Crippen LogP contribution is -2.00. The van der Waals surface area contributed by atoms with Crippen LogP contribution in [0.2, 0.25) is 0 Å². The van der Waals surface area contributed by atoms with Gasteiger partial charge >= 0.3 is 0 Å². The van der Waals surface area contributed by atoms with Crippen LogP contribution < -0.4 is 0 Å². The molecule has 6 heteroatoms.